The first kappa shape index (κ1) is 10.2. The van der Waals surface area contributed by atoms with Gasteiger partial charge in [-0.25, -0.2) is 0 Å². The lowest BCUT2D eigenvalue weighted by atomic mass is 9.75. The van der Waals surface area contributed by atoms with Crippen LogP contribution in [0.15, 0.2) is 12.1 Å². The van der Waals surface area contributed by atoms with Gasteiger partial charge in [-0.15, -0.1) is 0 Å². The van der Waals surface area contributed by atoms with Gasteiger partial charge >= 0.3 is 0 Å². The van der Waals surface area contributed by atoms with Crippen molar-refractivity contribution in [2.24, 2.45) is 0 Å². The molecule has 1 aromatic carbocycles. The zero-order chi connectivity index (χ0) is 11.2. The van der Waals surface area contributed by atoms with Crippen molar-refractivity contribution < 1.29 is 4.79 Å². The first-order valence-corrected chi connectivity index (χ1v) is 5.32. The van der Waals surface area contributed by atoms with Crippen LogP contribution in [0.25, 0.3) is 0 Å². The van der Waals surface area contributed by atoms with Crippen LogP contribution in [0.1, 0.15) is 37.0 Å². The summed E-state index contributed by atoms with van der Waals surface area (Å²) in [5.41, 5.74) is 4.70. The molecule has 1 heterocycles. The quantitative estimate of drug-likeness (QED) is 0.690. The van der Waals surface area contributed by atoms with E-state index in [1.165, 1.54) is 16.7 Å². The van der Waals surface area contributed by atoms with Crippen molar-refractivity contribution in [1.82, 2.24) is 0 Å². The van der Waals surface area contributed by atoms with Gasteiger partial charge in [0.05, 0.1) is 0 Å². The highest BCUT2D eigenvalue weighted by Crippen LogP contribution is 2.39. The molecule has 0 saturated heterocycles. The number of hydrogen-bond donors (Lipinski definition) is 1. The van der Waals surface area contributed by atoms with Crippen molar-refractivity contribution in [3.05, 3.63) is 28.8 Å². The second-order valence-electron chi connectivity index (χ2n) is 5.11. The fourth-order valence-corrected chi connectivity index (χ4v) is 2.65. The van der Waals surface area contributed by atoms with Crippen LogP contribution in [0, 0.1) is 13.8 Å². The zero-order valence-electron chi connectivity index (χ0n) is 9.77. The van der Waals surface area contributed by atoms with Crippen LogP contribution in [-0.2, 0) is 10.2 Å². The predicted molar refractivity (Wildman–Crippen MR) is 62.2 cm³/mol. The molecule has 2 rings (SSSR count). The lowest BCUT2D eigenvalue weighted by Gasteiger charge is -2.34. The maximum atomic E-state index is 11.6. The van der Waals surface area contributed by atoms with Crippen molar-refractivity contribution in [2.75, 3.05) is 5.32 Å². The van der Waals surface area contributed by atoms with Gasteiger partial charge in [0.25, 0.3) is 0 Å². The van der Waals surface area contributed by atoms with E-state index in [0.29, 0.717) is 6.42 Å². The van der Waals surface area contributed by atoms with Crippen LogP contribution in [0.5, 0.6) is 0 Å². The fourth-order valence-electron chi connectivity index (χ4n) is 2.65. The molecule has 15 heavy (non-hydrogen) atoms. The molecule has 0 bridgehead atoms. The van der Waals surface area contributed by atoms with Crippen molar-refractivity contribution in [3.8, 4) is 0 Å². The number of carbonyl (C=O) groups is 1. The van der Waals surface area contributed by atoms with Crippen molar-refractivity contribution >= 4 is 11.6 Å². The molecule has 0 aliphatic carbocycles. The molecule has 0 unspecified atom stereocenters. The van der Waals surface area contributed by atoms with Gasteiger partial charge in [-0.05, 0) is 36.6 Å². The van der Waals surface area contributed by atoms with E-state index >= 15 is 0 Å². The molecule has 1 aromatic rings. The van der Waals surface area contributed by atoms with E-state index in [-0.39, 0.29) is 11.3 Å². The highest BCUT2D eigenvalue weighted by molar-refractivity contribution is 5.95. The van der Waals surface area contributed by atoms with Gasteiger partial charge < -0.3 is 5.32 Å². The summed E-state index contributed by atoms with van der Waals surface area (Å²) in [7, 11) is 0. The van der Waals surface area contributed by atoms with E-state index in [2.05, 4.69) is 45.1 Å². The summed E-state index contributed by atoms with van der Waals surface area (Å²) >= 11 is 0. The van der Waals surface area contributed by atoms with E-state index in [9.17, 15) is 4.79 Å². The Bertz CT molecular complexity index is 432. The molecule has 1 N–H and O–H groups in total. The Hall–Kier alpha value is -1.31. The predicted octanol–water partition coefficient (Wildman–Crippen LogP) is 2.92. The summed E-state index contributed by atoms with van der Waals surface area (Å²) in [5.74, 6) is 0.123. The molecule has 0 saturated carbocycles. The third-order valence-corrected chi connectivity index (χ3v) is 3.03. The lowest BCUT2D eigenvalue weighted by molar-refractivity contribution is -0.117. The topological polar surface area (TPSA) is 29.1 Å². The number of anilines is 1. The Balaban J connectivity index is 2.67. The Morgan fingerprint density at radius 3 is 2.60 bits per heavy atom. The van der Waals surface area contributed by atoms with Crippen LogP contribution in [-0.4, -0.2) is 5.91 Å². The second kappa shape index (κ2) is 3.09. The number of amides is 1. The summed E-state index contributed by atoms with van der Waals surface area (Å²) in [6.45, 7) is 8.44. The van der Waals surface area contributed by atoms with Gasteiger partial charge in [0.15, 0.2) is 0 Å². The first-order valence-electron chi connectivity index (χ1n) is 5.32. The number of nitrogens with one attached hydrogen (secondary N) is 1. The highest BCUT2D eigenvalue weighted by atomic mass is 16.1. The molecule has 1 aliphatic heterocycles. The van der Waals surface area contributed by atoms with E-state index in [4.69, 9.17) is 0 Å². The van der Waals surface area contributed by atoms with E-state index < -0.39 is 0 Å². The standard InChI is InChI=1S/C13H17NO/c1-8-5-9(2)12-10(6-8)14-11(15)7-13(12,3)4/h5-6H,7H2,1-4H3,(H,14,15). The van der Waals surface area contributed by atoms with Crippen LogP contribution < -0.4 is 5.32 Å². The van der Waals surface area contributed by atoms with Crippen LogP contribution in [0.4, 0.5) is 5.69 Å². The van der Waals surface area contributed by atoms with Crippen molar-refractivity contribution in [2.45, 2.75) is 39.5 Å². The molecule has 0 atom stereocenters. The number of benzene rings is 1. The fraction of sp³-hybridized carbons (Fsp3) is 0.462. The smallest absolute Gasteiger partial charge is 0.225 e. The monoisotopic (exact) mass is 203 g/mol. The molecule has 1 amide bonds. The summed E-state index contributed by atoms with van der Waals surface area (Å²) < 4.78 is 0. The first-order chi connectivity index (χ1) is 6.90. The minimum absolute atomic E-state index is 0.0462. The summed E-state index contributed by atoms with van der Waals surface area (Å²) in [4.78, 5) is 11.6. The molecule has 1 aliphatic rings. The van der Waals surface area contributed by atoms with Gasteiger partial charge in [0.2, 0.25) is 5.91 Å². The number of fused-ring (bicyclic) bond motifs is 1. The molecule has 80 valence electrons. The SMILES string of the molecule is Cc1cc(C)c2c(c1)NC(=O)CC2(C)C. The molecule has 2 heteroatoms. The van der Waals surface area contributed by atoms with Gasteiger partial charge in [-0.2, -0.15) is 0 Å². The lowest BCUT2D eigenvalue weighted by Crippen LogP contribution is -2.33. The maximum absolute atomic E-state index is 11.6. The van der Waals surface area contributed by atoms with Crippen LogP contribution in [0.3, 0.4) is 0 Å². The third kappa shape index (κ3) is 1.65. The molecule has 0 aromatic heterocycles. The number of rotatable bonds is 0. The largest absolute Gasteiger partial charge is 0.326 e. The van der Waals surface area contributed by atoms with Gasteiger partial charge in [-0.3, -0.25) is 4.79 Å². The van der Waals surface area contributed by atoms with E-state index in [0.717, 1.165) is 5.69 Å². The summed E-state index contributed by atoms with van der Waals surface area (Å²) in [6, 6.07) is 4.24. The molecule has 0 radical (unpaired) electrons. The minimum Gasteiger partial charge on any atom is -0.326 e. The Kier molecular flexibility index (Phi) is 2.10. The average molecular weight is 203 g/mol. The van der Waals surface area contributed by atoms with Crippen LogP contribution >= 0.6 is 0 Å². The Morgan fingerprint density at radius 2 is 1.93 bits per heavy atom. The Labute approximate surface area is 90.7 Å². The number of hydrogen-bond acceptors (Lipinski definition) is 1. The van der Waals surface area contributed by atoms with Crippen LogP contribution in [0.2, 0.25) is 0 Å². The molecule has 2 nitrogen and oxygen atoms in total. The van der Waals surface area contributed by atoms with Gasteiger partial charge in [-0.1, -0.05) is 19.9 Å². The molecular weight excluding hydrogens is 186 g/mol. The summed E-state index contributed by atoms with van der Waals surface area (Å²) in [6.07, 6.45) is 0.573. The van der Waals surface area contributed by atoms with Gasteiger partial charge in [0.1, 0.15) is 0 Å². The average Bonchev–Trinajstić information content (AvgIpc) is 1.97. The Morgan fingerprint density at radius 1 is 1.27 bits per heavy atom. The minimum atomic E-state index is -0.0462. The molecule has 0 spiro atoms. The number of aryl methyl sites for hydroxylation is 2. The van der Waals surface area contributed by atoms with Crippen molar-refractivity contribution in [3.63, 3.8) is 0 Å². The second-order valence-corrected chi connectivity index (χ2v) is 5.11. The van der Waals surface area contributed by atoms with E-state index in [1.807, 2.05) is 0 Å². The van der Waals surface area contributed by atoms with Gasteiger partial charge in [0, 0.05) is 17.5 Å². The third-order valence-electron chi connectivity index (χ3n) is 3.03. The summed E-state index contributed by atoms with van der Waals surface area (Å²) in [5, 5.41) is 2.96. The highest BCUT2D eigenvalue weighted by Gasteiger charge is 2.33. The zero-order valence-corrected chi connectivity index (χ0v) is 9.77. The molecular formula is C13H17NO. The maximum Gasteiger partial charge on any atom is 0.225 e. The normalized spacial score (nSPS) is 18.3. The van der Waals surface area contributed by atoms with E-state index in [1.54, 1.807) is 0 Å². The van der Waals surface area contributed by atoms with Crippen molar-refractivity contribution in [1.29, 1.82) is 0 Å². The number of carbonyl (C=O) groups excluding carboxylic acids is 1. The molecule has 0 fully saturated rings.